The van der Waals surface area contributed by atoms with E-state index in [9.17, 15) is 0 Å². The highest BCUT2D eigenvalue weighted by atomic mass is 16.5. The number of rotatable bonds is 6. The van der Waals surface area contributed by atoms with E-state index in [1.807, 2.05) is 0 Å². The third-order valence-corrected chi connectivity index (χ3v) is 16.6. The van der Waals surface area contributed by atoms with Gasteiger partial charge in [0.1, 0.15) is 23.0 Å². The van der Waals surface area contributed by atoms with E-state index in [2.05, 4.69) is 196 Å². The van der Waals surface area contributed by atoms with Crippen molar-refractivity contribution in [2.45, 2.75) is 67.2 Å². The first kappa shape index (κ1) is 40.2. The molecule has 11 aromatic rings. The highest BCUT2D eigenvalue weighted by molar-refractivity contribution is 7.02. The first-order valence-electron chi connectivity index (χ1n) is 25.5. The molecule has 9 aromatic carbocycles. The van der Waals surface area contributed by atoms with Gasteiger partial charge in [-0.25, -0.2) is 0 Å². The summed E-state index contributed by atoms with van der Waals surface area (Å²) in [5.74, 6) is 3.68. The molecule has 0 spiro atoms. The van der Waals surface area contributed by atoms with Gasteiger partial charge in [-0.2, -0.15) is 0 Å². The summed E-state index contributed by atoms with van der Waals surface area (Å²) in [6.07, 6.45) is 3.82. The van der Waals surface area contributed by atoms with Crippen molar-refractivity contribution >= 4 is 89.8 Å². The molecule has 0 saturated heterocycles. The Bertz CT molecular complexity index is 3870. The SMILES string of the molecule is CCc1ccc2c(c1)c1cc(CC)cc3c1n2-c1c2c4c(c5c1B3c1ccc(-c3ccc(C)cc3)cc1O5)-n1c3ccc(CC)cc3c3cc(CC)cc(c31)B4c1ccc(-c3ccc(C)cc3)cc1O2. The number of nitrogens with zero attached hydrogens (tertiary/aromatic N) is 2. The molecule has 334 valence electrons. The number of benzene rings is 9. The monoisotopic (exact) mass is 900 g/mol. The minimum absolute atomic E-state index is 0.117. The summed E-state index contributed by atoms with van der Waals surface area (Å²) in [5.41, 5.74) is 27.0. The molecule has 0 unspecified atom stereocenters. The third kappa shape index (κ3) is 5.29. The average Bonchev–Trinajstić information content (AvgIpc) is 3.91. The molecule has 0 bridgehead atoms. The Hall–Kier alpha value is -7.69. The van der Waals surface area contributed by atoms with Crippen LogP contribution in [0.15, 0.2) is 146 Å². The van der Waals surface area contributed by atoms with Crippen LogP contribution >= 0.6 is 0 Å². The van der Waals surface area contributed by atoms with Crippen LogP contribution in [-0.2, 0) is 25.7 Å². The van der Waals surface area contributed by atoms with Crippen molar-refractivity contribution in [3.63, 3.8) is 0 Å². The summed E-state index contributed by atoms with van der Waals surface area (Å²) in [7, 11) is 0. The molecule has 4 aliphatic heterocycles. The Morgan fingerprint density at radius 3 is 1.16 bits per heavy atom. The summed E-state index contributed by atoms with van der Waals surface area (Å²) in [6.45, 7) is 13.2. The smallest absolute Gasteiger partial charge is 0.256 e. The molecule has 6 heterocycles. The van der Waals surface area contributed by atoms with Gasteiger partial charge in [0.15, 0.2) is 0 Å². The molecule has 15 rings (SSSR count). The van der Waals surface area contributed by atoms with Crippen molar-refractivity contribution in [2.24, 2.45) is 0 Å². The zero-order valence-corrected chi connectivity index (χ0v) is 40.6. The predicted octanol–water partition coefficient (Wildman–Crippen LogP) is 12.0. The van der Waals surface area contributed by atoms with E-state index in [0.29, 0.717) is 0 Å². The van der Waals surface area contributed by atoms with Crippen molar-refractivity contribution in [2.75, 3.05) is 0 Å². The molecular formula is C64H50B2N2O2. The van der Waals surface area contributed by atoms with Crippen molar-refractivity contribution in [3.8, 4) is 56.6 Å². The topological polar surface area (TPSA) is 28.3 Å². The highest BCUT2D eigenvalue weighted by Gasteiger charge is 2.50. The lowest BCUT2D eigenvalue weighted by Gasteiger charge is -2.41. The molecule has 70 heavy (non-hydrogen) atoms. The number of hydrogen-bond donors (Lipinski definition) is 0. The minimum Gasteiger partial charge on any atom is -0.456 e. The maximum Gasteiger partial charge on any atom is 0.256 e. The fraction of sp³-hybridized carbons (Fsp3) is 0.156. The summed E-state index contributed by atoms with van der Waals surface area (Å²) in [6, 6.07) is 56.0. The van der Waals surface area contributed by atoms with Crippen LogP contribution in [-0.4, -0.2) is 22.6 Å². The molecule has 0 amide bonds. The zero-order chi connectivity index (χ0) is 46.8. The number of hydrogen-bond acceptors (Lipinski definition) is 2. The van der Waals surface area contributed by atoms with Crippen LogP contribution in [0.3, 0.4) is 0 Å². The Balaban J connectivity index is 1.14. The second-order valence-corrected chi connectivity index (χ2v) is 20.4. The molecule has 0 aliphatic carbocycles. The quantitative estimate of drug-likeness (QED) is 0.156. The van der Waals surface area contributed by atoms with E-state index < -0.39 is 0 Å². The van der Waals surface area contributed by atoms with E-state index >= 15 is 0 Å². The summed E-state index contributed by atoms with van der Waals surface area (Å²) < 4.78 is 20.8. The lowest BCUT2D eigenvalue weighted by atomic mass is 9.31. The number of aromatic nitrogens is 2. The van der Waals surface area contributed by atoms with E-state index in [1.54, 1.807) is 0 Å². The largest absolute Gasteiger partial charge is 0.456 e. The van der Waals surface area contributed by atoms with E-state index in [4.69, 9.17) is 9.47 Å². The molecule has 0 radical (unpaired) electrons. The van der Waals surface area contributed by atoms with Crippen LogP contribution < -0.4 is 42.3 Å². The van der Waals surface area contributed by atoms with E-state index in [1.165, 1.54) is 121 Å². The lowest BCUT2D eigenvalue weighted by molar-refractivity contribution is 0.472. The number of aryl methyl sites for hydroxylation is 6. The van der Waals surface area contributed by atoms with Crippen LogP contribution in [0, 0.1) is 13.8 Å². The Morgan fingerprint density at radius 1 is 0.371 bits per heavy atom. The highest BCUT2D eigenvalue weighted by Crippen LogP contribution is 2.49. The summed E-state index contributed by atoms with van der Waals surface area (Å²) >= 11 is 0. The van der Waals surface area contributed by atoms with E-state index in [-0.39, 0.29) is 13.4 Å². The first-order chi connectivity index (χ1) is 34.3. The number of fused-ring (bicyclic) bond motifs is 16. The molecule has 0 fully saturated rings. The maximum atomic E-state index is 7.81. The van der Waals surface area contributed by atoms with Crippen LogP contribution in [0.4, 0.5) is 0 Å². The van der Waals surface area contributed by atoms with Gasteiger partial charge in [0, 0.05) is 43.5 Å². The van der Waals surface area contributed by atoms with Crippen LogP contribution in [0.5, 0.6) is 23.0 Å². The van der Waals surface area contributed by atoms with Gasteiger partial charge in [0.25, 0.3) is 13.4 Å². The van der Waals surface area contributed by atoms with Crippen LogP contribution in [0.25, 0.3) is 77.2 Å². The fourth-order valence-corrected chi connectivity index (χ4v) is 13.0. The molecule has 6 heteroatoms. The molecule has 2 aromatic heterocycles. The van der Waals surface area contributed by atoms with Crippen molar-refractivity contribution in [3.05, 3.63) is 179 Å². The molecule has 0 saturated carbocycles. The lowest BCUT2D eigenvalue weighted by Crippen LogP contribution is -2.63. The predicted molar refractivity (Wildman–Crippen MR) is 295 cm³/mol. The molecule has 0 atom stereocenters. The van der Waals surface area contributed by atoms with Crippen molar-refractivity contribution in [1.29, 1.82) is 0 Å². The van der Waals surface area contributed by atoms with Gasteiger partial charge in [0.2, 0.25) is 0 Å². The van der Waals surface area contributed by atoms with Gasteiger partial charge < -0.3 is 18.6 Å². The standard InChI is InChI=1S/C64H50B2N2O2/c1-7-37-15-25-53-45(27-37)47-29-39(9-3)31-51-59(47)67(53)61-57-64(70-55-33-43(21-23-49(55)65(51)57)41-17-11-35(5)12-18-41)62-58-63(61)69-56-34-44(42-19-13-36(6)14-20-42)22-24-50(56)66(58)52-32-40(10-4)30-48-46-28-38(8-2)16-26-54(46)68(62)60(48)52/h11-34H,7-10H2,1-6H3. The molecule has 4 nitrogen and oxygen atoms in total. The fourth-order valence-electron chi connectivity index (χ4n) is 13.0. The Morgan fingerprint density at radius 2 is 0.757 bits per heavy atom. The second-order valence-electron chi connectivity index (χ2n) is 20.4. The first-order valence-corrected chi connectivity index (χ1v) is 25.5. The second kappa shape index (κ2) is 14.4. The minimum atomic E-state index is -0.117. The zero-order valence-electron chi connectivity index (χ0n) is 40.6. The summed E-state index contributed by atoms with van der Waals surface area (Å²) in [4.78, 5) is 0. The third-order valence-electron chi connectivity index (χ3n) is 16.6. The van der Waals surface area contributed by atoms with Crippen LogP contribution in [0.1, 0.15) is 61.1 Å². The molecule has 0 N–H and O–H groups in total. The summed E-state index contributed by atoms with van der Waals surface area (Å²) in [5, 5.41) is 5.18. The molecular weight excluding hydrogens is 850 g/mol. The van der Waals surface area contributed by atoms with Crippen LogP contribution in [0.2, 0.25) is 0 Å². The normalized spacial score (nSPS) is 13.4. The van der Waals surface area contributed by atoms with Crippen molar-refractivity contribution in [1.82, 2.24) is 9.13 Å². The maximum absolute atomic E-state index is 7.81. The van der Waals surface area contributed by atoms with Gasteiger partial charge in [0.05, 0.1) is 22.4 Å². The van der Waals surface area contributed by atoms with E-state index in [0.717, 1.165) is 71.2 Å². The van der Waals surface area contributed by atoms with Gasteiger partial charge in [-0.15, -0.1) is 0 Å². The van der Waals surface area contributed by atoms with Gasteiger partial charge in [-0.3, -0.25) is 0 Å². The molecule has 4 aliphatic rings. The Labute approximate surface area is 409 Å². The van der Waals surface area contributed by atoms with Gasteiger partial charge in [-0.05, 0) is 154 Å². The van der Waals surface area contributed by atoms with Gasteiger partial charge >= 0.3 is 0 Å². The average molecular weight is 901 g/mol. The Kier molecular flexibility index (Phi) is 8.29. The van der Waals surface area contributed by atoms with Gasteiger partial charge in [-0.1, -0.05) is 136 Å². The van der Waals surface area contributed by atoms with Crippen molar-refractivity contribution < 1.29 is 9.47 Å². The number of ether oxygens (including phenoxy) is 2.